The molecule has 2 rings (SSSR count). The molecule has 0 aliphatic heterocycles. The van der Waals surface area contributed by atoms with Crippen molar-refractivity contribution in [1.82, 2.24) is 10.3 Å². The lowest BCUT2D eigenvalue weighted by Gasteiger charge is -2.13. The van der Waals surface area contributed by atoms with E-state index >= 15 is 0 Å². The molecule has 0 atom stereocenters. The number of halogens is 3. The molecule has 0 unspecified atom stereocenters. The number of nitrogens with two attached hydrogens (primary N) is 1. The van der Waals surface area contributed by atoms with E-state index < -0.39 is 11.9 Å². The lowest BCUT2D eigenvalue weighted by Crippen LogP contribution is -2.32. The Morgan fingerprint density at radius 2 is 2.10 bits per heavy atom. The van der Waals surface area contributed by atoms with E-state index in [1.807, 2.05) is 0 Å². The number of hydrogen-bond donors (Lipinski definition) is 3. The molecule has 1 aromatic heterocycles. The highest BCUT2D eigenvalue weighted by molar-refractivity contribution is 7.80. The third-order valence-corrected chi connectivity index (χ3v) is 3.03. The Kier molecular flexibility index (Phi) is 4.31. The maximum Gasteiger partial charge on any atom is 0.433 e. The van der Waals surface area contributed by atoms with Crippen LogP contribution in [0.2, 0.25) is 0 Å². The number of hydrogen-bond acceptors (Lipinski definition) is 4. The number of alkyl halides is 3. The summed E-state index contributed by atoms with van der Waals surface area (Å²) in [6, 6.07) is 2.10. The molecule has 114 valence electrons. The first-order valence-electron chi connectivity index (χ1n) is 6.18. The number of thiocarbonyl (C=S) groups is 1. The molecule has 5 nitrogen and oxygen atoms in total. The molecule has 1 aromatic rings. The fourth-order valence-corrected chi connectivity index (χ4v) is 1.79. The third kappa shape index (κ3) is 4.28. The zero-order chi connectivity index (χ0) is 15.6. The summed E-state index contributed by atoms with van der Waals surface area (Å²) in [6.45, 7) is -0.194. The number of amides is 1. The summed E-state index contributed by atoms with van der Waals surface area (Å²) in [5.41, 5.74) is 4.53. The van der Waals surface area contributed by atoms with Gasteiger partial charge in [-0.3, -0.25) is 4.79 Å². The van der Waals surface area contributed by atoms with Crippen LogP contribution in [0, 0.1) is 0 Å². The topological polar surface area (TPSA) is 80.0 Å². The lowest BCUT2D eigenvalue weighted by atomic mass is 10.2. The van der Waals surface area contributed by atoms with Crippen molar-refractivity contribution in [2.45, 2.75) is 25.1 Å². The van der Waals surface area contributed by atoms with Crippen LogP contribution in [0.4, 0.5) is 19.0 Å². The minimum absolute atomic E-state index is 0.0960. The van der Waals surface area contributed by atoms with Crippen LogP contribution in [0.1, 0.15) is 24.1 Å². The van der Waals surface area contributed by atoms with Crippen molar-refractivity contribution in [3.63, 3.8) is 0 Å². The van der Waals surface area contributed by atoms with Gasteiger partial charge in [0, 0.05) is 6.04 Å². The summed E-state index contributed by atoms with van der Waals surface area (Å²) < 4.78 is 37.9. The largest absolute Gasteiger partial charge is 0.433 e. The van der Waals surface area contributed by atoms with Crippen LogP contribution < -0.4 is 16.4 Å². The van der Waals surface area contributed by atoms with Crippen molar-refractivity contribution in [2.75, 3.05) is 11.9 Å². The number of nitrogens with zero attached hydrogens (tertiary/aromatic N) is 1. The van der Waals surface area contributed by atoms with Gasteiger partial charge in [-0.25, -0.2) is 4.98 Å². The molecule has 0 aromatic carbocycles. The van der Waals surface area contributed by atoms with Crippen molar-refractivity contribution >= 4 is 28.9 Å². The molecule has 0 bridgehead atoms. The molecular weight excluding hydrogens is 305 g/mol. The summed E-state index contributed by atoms with van der Waals surface area (Å²) in [6.07, 6.45) is -2.74. The molecule has 4 N–H and O–H groups in total. The molecule has 1 heterocycles. The lowest BCUT2D eigenvalue weighted by molar-refractivity contribution is -0.141. The van der Waals surface area contributed by atoms with Gasteiger partial charge < -0.3 is 16.4 Å². The van der Waals surface area contributed by atoms with Crippen molar-refractivity contribution in [3.8, 4) is 0 Å². The fraction of sp³-hybridized carbons (Fsp3) is 0.417. The Hall–Kier alpha value is -1.90. The van der Waals surface area contributed by atoms with E-state index in [-0.39, 0.29) is 34.9 Å². The Labute approximate surface area is 124 Å². The van der Waals surface area contributed by atoms with E-state index in [9.17, 15) is 18.0 Å². The van der Waals surface area contributed by atoms with Gasteiger partial charge in [0.2, 0.25) is 5.91 Å². The first-order chi connectivity index (χ1) is 9.77. The van der Waals surface area contributed by atoms with E-state index in [1.54, 1.807) is 0 Å². The predicted molar refractivity (Wildman–Crippen MR) is 74.8 cm³/mol. The number of carbonyl (C=O) groups excluding carboxylic acids is 1. The molecule has 0 radical (unpaired) electrons. The quantitative estimate of drug-likeness (QED) is 0.716. The van der Waals surface area contributed by atoms with Gasteiger partial charge in [0.1, 0.15) is 16.5 Å². The Balaban J connectivity index is 2.13. The van der Waals surface area contributed by atoms with E-state index in [0.717, 1.165) is 25.0 Å². The first-order valence-corrected chi connectivity index (χ1v) is 6.59. The van der Waals surface area contributed by atoms with Crippen LogP contribution >= 0.6 is 12.2 Å². The SMILES string of the molecule is NC(=S)c1ccc(C(F)(F)F)nc1NCC(=O)NC1CC1. The molecule has 1 aliphatic rings. The van der Waals surface area contributed by atoms with Crippen molar-refractivity contribution in [3.05, 3.63) is 23.4 Å². The maximum absolute atomic E-state index is 12.6. The number of nitrogens with one attached hydrogen (secondary N) is 2. The number of anilines is 1. The highest BCUT2D eigenvalue weighted by Crippen LogP contribution is 2.29. The minimum Gasteiger partial charge on any atom is -0.389 e. The van der Waals surface area contributed by atoms with Crippen LogP contribution in [0.25, 0.3) is 0 Å². The first kappa shape index (κ1) is 15.5. The molecule has 9 heteroatoms. The highest BCUT2D eigenvalue weighted by Gasteiger charge is 2.33. The molecule has 1 aliphatic carbocycles. The van der Waals surface area contributed by atoms with Gasteiger partial charge >= 0.3 is 6.18 Å². The summed E-state index contributed by atoms with van der Waals surface area (Å²) in [7, 11) is 0. The monoisotopic (exact) mass is 318 g/mol. The average molecular weight is 318 g/mol. The van der Waals surface area contributed by atoms with E-state index in [1.165, 1.54) is 0 Å². The second kappa shape index (κ2) is 5.84. The van der Waals surface area contributed by atoms with Gasteiger partial charge in [-0.1, -0.05) is 12.2 Å². The number of aromatic nitrogens is 1. The fourth-order valence-electron chi connectivity index (χ4n) is 1.62. The van der Waals surface area contributed by atoms with Gasteiger partial charge in [-0.05, 0) is 25.0 Å². The smallest absolute Gasteiger partial charge is 0.389 e. The predicted octanol–water partition coefficient (Wildman–Crippen LogP) is 1.43. The Morgan fingerprint density at radius 3 is 2.62 bits per heavy atom. The normalized spacial score (nSPS) is 14.6. The van der Waals surface area contributed by atoms with E-state index in [2.05, 4.69) is 15.6 Å². The van der Waals surface area contributed by atoms with Crippen LogP contribution in [-0.2, 0) is 11.0 Å². The zero-order valence-corrected chi connectivity index (χ0v) is 11.6. The van der Waals surface area contributed by atoms with Crippen LogP contribution in [0.5, 0.6) is 0 Å². The van der Waals surface area contributed by atoms with Crippen LogP contribution in [0.15, 0.2) is 12.1 Å². The van der Waals surface area contributed by atoms with Crippen LogP contribution in [0.3, 0.4) is 0 Å². The summed E-state index contributed by atoms with van der Waals surface area (Å²) in [4.78, 5) is 14.9. The molecule has 1 saturated carbocycles. The van der Waals surface area contributed by atoms with Crippen molar-refractivity contribution in [2.24, 2.45) is 5.73 Å². The second-order valence-corrected chi connectivity index (χ2v) is 5.09. The van der Waals surface area contributed by atoms with E-state index in [0.29, 0.717) is 0 Å². The molecule has 21 heavy (non-hydrogen) atoms. The molecule has 0 saturated heterocycles. The average Bonchev–Trinajstić information content (AvgIpc) is 3.18. The standard InChI is InChI=1S/C12H13F3N4OS/c13-12(14,15)8-4-3-7(10(16)21)11(19-8)17-5-9(20)18-6-1-2-6/h3-4,6H,1-2,5H2,(H2,16,21)(H,17,19)(H,18,20). The van der Waals surface area contributed by atoms with Crippen molar-refractivity contribution in [1.29, 1.82) is 0 Å². The van der Waals surface area contributed by atoms with Gasteiger partial charge in [-0.2, -0.15) is 13.2 Å². The minimum atomic E-state index is -4.58. The Bertz CT molecular complexity index is 572. The Morgan fingerprint density at radius 1 is 1.43 bits per heavy atom. The van der Waals surface area contributed by atoms with Crippen molar-refractivity contribution < 1.29 is 18.0 Å². The van der Waals surface area contributed by atoms with Gasteiger partial charge in [-0.15, -0.1) is 0 Å². The van der Waals surface area contributed by atoms with Gasteiger partial charge in [0.25, 0.3) is 0 Å². The third-order valence-electron chi connectivity index (χ3n) is 2.81. The number of rotatable bonds is 5. The van der Waals surface area contributed by atoms with Crippen LogP contribution in [-0.4, -0.2) is 28.5 Å². The maximum atomic E-state index is 12.6. The highest BCUT2D eigenvalue weighted by atomic mass is 32.1. The summed E-state index contributed by atoms with van der Waals surface area (Å²) in [5.74, 6) is -0.464. The number of pyridine rings is 1. The summed E-state index contributed by atoms with van der Waals surface area (Å²) in [5, 5.41) is 5.25. The summed E-state index contributed by atoms with van der Waals surface area (Å²) >= 11 is 4.76. The van der Waals surface area contributed by atoms with E-state index in [4.69, 9.17) is 18.0 Å². The zero-order valence-electron chi connectivity index (χ0n) is 10.8. The van der Waals surface area contributed by atoms with Gasteiger partial charge in [0.05, 0.1) is 12.1 Å². The molecule has 1 amide bonds. The number of carbonyl (C=O) groups is 1. The molecular formula is C12H13F3N4OS. The molecule has 1 fully saturated rings. The second-order valence-electron chi connectivity index (χ2n) is 4.65. The molecule has 0 spiro atoms. The van der Waals surface area contributed by atoms with Gasteiger partial charge in [0.15, 0.2) is 0 Å².